The summed E-state index contributed by atoms with van der Waals surface area (Å²) in [6, 6.07) is 6.37. The molecule has 1 aromatic rings. The van der Waals surface area contributed by atoms with Gasteiger partial charge in [-0.15, -0.1) is 0 Å². The van der Waals surface area contributed by atoms with Gasteiger partial charge >= 0.3 is 0 Å². The van der Waals surface area contributed by atoms with Crippen molar-refractivity contribution in [1.29, 1.82) is 0 Å². The highest BCUT2D eigenvalue weighted by Crippen LogP contribution is 2.23. The Balaban J connectivity index is 1.53. The van der Waals surface area contributed by atoms with E-state index in [1.165, 1.54) is 18.5 Å². The topological polar surface area (TPSA) is 58.1 Å². The SMILES string of the molecule is CN=C(NCc1ccc(C)cc1OC1CCOC1)NCC1CCN(C)C1. The number of hydrogen-bond donors (Lipinski definition) is 2. The number of hydrogen-bond acceptors (Lipinski definition) is 4. The molecule has 2 saturated heterocycles. The van der Waals surface area contributed by atoms with Gasteiger partial charge < -0.3 is 25.0 Å². The highest BCUT2D eigenvalue weighted by atomic mass is 16.5. The van der Waals surface area contributed by atoms with E-state index in [1.807, 2.05) is 7.05 Å². The molecule has 2 fully saturated rings. The molecule has 0 bridgehead atoms. The number of guanidine groups is 1. The summed E-state index contributed by atoms with van der Waals surface area (Å²) >= 11 is 0. The molecule has 1 aromatic carbocycles. The minimum Gasteiger partial charge on any atom is -0.488 e. The Morgan fingerprint density at radius 3 is 2.92 bits per heavy atom. The van der Waals surface area contributed by atoms with Crippen molar-refractivity contribution in [1.82, 2.24) is 15.5 Å². The molecule has 0 spiro atoms. The summed E-state index contributed by atoms with van der Waals surface area (Å²) in [6.45, 7) is 7.55. The van der Waals surface area contributed by atoms with Gasteiger partial charge in [-0.25, -0.2) is 0 Å². The molecule has 26 heavy (non-hydrogen) atoms. The zero-order valence-corrected chi connectivity index (χ0v) is 16.3. The van der Waals surface area contributed by atoms with Crippen LogP contribution in [0.25, 0.3) is 0 Å². The Labute approximate surface area is 157 Å². The van der Waals surface area contributed by atoms with Gasteiger partial charge in [-0.05, 0) is 44.5 Å². The van der Waals surface area contributed by atoms with Gasteiger partial charge in [0, 0.05) is 38.7 Å². The summed E-state index contributed by atoms with van der Waals surface area (Å²) in [5.74, 6) is 2.48. The lowest BCUT2D eigenvalue weighted by Gasteiger charge is -2.19. The molecule has 0 aromatic heterocycles. The Hall–Kier alpha value is -1.79. The second kappa shape index (κ2) is 9.24. The highest BCUT2D eigenvalue weighted by Gasteiger charge is 2.20. The molecule has 6 heteroatoms. The van der Waals surface area contributed by atoms with Gasteiger partial charge in [0.15, 0.2) is 5.96 Å². The molecule has 144 valence electrons. The van der Waals surface area contributed by atoms with Crippen molar-refractivity contribution in [3.8, 4) is 5.75 Å². The van der Waals surface area contributed by atoms with Gasteiger partial charge in [-0.2, -0.15) is 0 Å². The van der Waals surface area contributed by atoms with Crippen LogP contribution < -0.4 is 15.4 Å². The second-order valence-electron chi connectivity index (χ2n) is 7.44. The van der Waals surface area contributed by atoms with Crippen molar-refractivity contribution >= 4 is 5.96 Å². The van der Waals surface area contributed by atoms with Crippen LogP contribution in [0.3, 0.4) is 0 Å². The predicted octanol–water partition coefficient (Wildman–Crippen LogP) is 1.78. The van der Waals surface area contributed by atoms with E-state index >= 15 is 0 Å². The fourth-order valence-corrected chi connectivity index (χ4v) is 3.54. The van der Waals surface area contributed by atoms with Crippen molar-refractivity contribution in [2.24, 2.45) is 10.9 Å². The van der Waals surface area contributed by atoms with Gasteiger partial charge in [-0.3, -0.25) is 4.99 Å². The zero-order chi connectivity index (χ0) is 18.4. The van der Waals surface area contributed by atoms with Crippen LogP contribution in [0.2, 0.25) is 0 Å². The van der Waals surface area contributed by atoms with Gasteiger partial charge in [0.05, 0.1) is 13.2 Å². The van der Waals surface area contributed by atoms with Crippen LogP contribution in [0.15, 0.2) is 23.2 Å². The minimum absolute atomic E-state index is 0.160. The number of nitrogens with zero attached hydrogens (tertiary/aromatic N) is 2. The first kappa shape index (κ1) is 19.0. The Morgan fingerprint density at radius 2 is 2.23 bits per heavy atom. The molecule has 2 N–H and O–H groups in total. The highest BCUT2D eigenvalue weighted by molar-refractivity contribution is 5.79. The summed E-state index contributed by atoms with van der Waals surface area (Å²) in [5, 5.41) is 6.88. The number of aryl methyl sites for hydroxylation is 1. The van der Waals surface area contributed by atoms with Crippen LogP contribution in [-0.4, -0.2) is 63.9 Å². The molecular formula is C20H32N4O2. The first-order valence-electron chi connectivity index (χ1n) is 9.61. The third kappa shape index (κ3) is 5.35. The van der Waals surface area contributed by atoms with Crippen LogP contribution in [-0.2, 0) is 11.3 Å². The van der Waals surface area contributed by atoms with Crippen LogP contribution >= 0.6 is 0 Å². The normalized spacial score (nSPS) is 24.0. The maximum atomic E-state index is 6.18. The average molecular weight is 361 g/mol. The lowest BCUT2D eigenvalue weighted by atomic mass is 10.1. The summed E-state index contributed by atoms with van der Waals surface area (Å²) in [4.78, 5) is 6.73. The maximum Gasteiger partial charge on any atom is 0.191 e. The van der Waals surface area contributed by atoms with Crippen molar-refractivity contribution in [2.45, 2.75) is 32.4 Å². The molecule has 2 unspecified atom stereocenters. The smallest absolute Gasteiger partial charge is 0.191 e. The Morgan fingerprint density at radius 1 is 1.35 bits per heavy atom. The molecule has 2 aliphatic heterocycles. The van der Waals surface area contributed by atoms with E-state index in [1.54, 1.807) is 0 Å². The summed E-state index contributed by atoms with van der Waals surface area (Å²) in [7, 11) is 4.00. The molecule has 2 aliphatic rings. The predicted molar refractivity (Wildman–Crippen MR) is 105 cm³/mol. The van der Waals surface area contributed by atoms with Crippen LogP contribution in [0.1, 0.15) is 24.0 Å². The number of rotatable bonds is 6. The quantitative estimate of drug-likeness (QED) is 0.598. The van der Waals surface area contributed by atoms with E-state index in [0.29, 0.717) is 19.1 Å². The van der Waals surface area contributed by atoms with Crippen molar-refractivity contribution in [3.05, 3.63) is 29.3 Å². The van der Waals surface area contributed by atoms with Gasteiger partial charge in [0.1, 0.15) is 11.9 Å². The fraction of sp³-hybridized carbons (Fsp3) is 0.650. The monoisotopic (exact) mass is 360 g/mol. The molecule has 2 atom stereocenters. The molecule has 0 amide bonds. The van der Waals surface area contributed by atoms with Crippen molar-refractivity contribution in [2.75, 3.05) is 46.9 Å². The fourth-order valence-electron chi connectivity index (χ4n) is 3.54. The minimum atomic E-state index is 0.160. The van der Waals surface area contributed by atoms with Crippen molar-refractivity contribution < 1.29 is 9.47 Å². The molecule has 0 saturated carbocycles. The molecule has 3 rings (SSSR count). The van der Waals surface area contributed by atoms with E-state index in [0.717, 1.165) is 43.4 Å². The zero-order valence-electron chi connectivity index (χ0n) is 16.3. The number of nitrogens with one attached hydrogen (secondary N) is 2. The molecule has 2 heterocycles. The number of likely N-dealkylation sites (tertiary alicyclic amines) is 1. The lowest BCUT2D eigenvalue weighted by molar-refractivity contribution is 0.140. The van der Waals surface area contributed by atoms with E-state index in [2.05, 4.69) is 52.7 Å². The van der Waals surface area contributed by atoms with Gasteiger partial charge in [-0.1, -0.05) is 12.1 Å². The largest absolute Gasteiger partial charge is 0.488 e. The average Bonchev–Trinajstić information content (AvgIpc) is 3.28. The summed E-state index contributed by atoms with van der Waals surface area (Å²) in [5.41, 5.74) is 2.35. The van der Waals surface area contributed by atoms with E-state index in [9.17, 15) is 0 Å². The molecule has 0 aliphatic carbocycles. The summed E-state index contributed by atoms with van der Waals surface area (Å²) < 4.78 is 11.6. The van der Waals surface area contributed by atoms with Crippen molar-refractivity contribution in [3.63, 3.8) is 0 Å². The van der Waals surface area contributed by atoms with E-state index in [4.69, 9.17) is 9.47 Å². The summed E-state index contributed by atoms with van der Waals surface area (Å²) in [6.07, 6.45) is 2.37. The van der Waals surface area contributed by atoms with E-state index < -0.39 is 0 Å². The molecule has 0 radical (unpaired) electrons. The van der Waals surface area contributed by atoms with Gasteiger partial charge in [0.2, 0.25) is 0 Å². The molecular weight excluding hydrogens is 328 g/mol. The van der Waals surface area contributed by atoms with Crippen LogP contribution in [0.5, 0.6) is 5.75 Å². The maximum absolute atomic E-state index is 6.18. The Kier molecular flexibility index (Phi) is 6.74. The number of ether oxygens (including phenoxy) is 2. The van der Waals surface area contributed by atoms with Crippen LogP contribution in [0.4, 0.5) is 0 Å². The lowest BCUT2D eigenvalue weighted by Crippen LogP contribution is -2.39. The van der Waals surface area contributed by atoms with Crippen LogP contribution in [0, 0.1) is 12.8 Å². The number of benzene rings is 1. The first-order valence-corrected chi connectivity index (χ1v) is 9.61. The standard InChI is InChI=1S/C20H32N4O2/c1-15-4-5-17(19(10-15)26-18-7-9-25-14-18)12-23-20(21-2)22-11-16-6-8-24(3)13-16/h4-5,10,16,18H,6-9,11-14H2,1-3H3,(H2,21,22,23). The van der Waals surface area contributed by atoms with Gasteiger partial charge in [0.25, 0.3) is 0 Å². The second-order valence-corrected chi connectivity index (χ2v) is 7.44. The Bertz CT molecular complexity index is 614. The third-order valence-corrected chi connectivity index (χ3v) is 5.12. The number of aliphatic imine (C=N–C) groups is 1. The first-order chi connectivity index (χ1) is 12.6. The molecule has 6 nitrogen and oxygen atoms in total. The third-order valence-electron chi connectivity index (χ3n) is 5.12. The van der Waals surface area contributed by atoms with E-state index in [-0.39, 0.29) is 6.10 Å².